The standard InChI is InChI=1S/C17H26N2O3/c1-11(2)17(21)19-10-12(3)22-16-7-6-13(9-14(16)19)15(20)5-4-8-18/h6-7,9,11-12,15,20H,4-5,8,10,18H2,1-3H3. The smallest absolute Gasteiger partial charge is 0.229 e. The maximum atomic E-state index is 12.5. The minimum atomic E-state index is -0.566. The molecule has 1 aliphatic heterocycles. The number of fused-ring (bicyclic) bond motifs is 1. The van der Waals surface area contributed by atoms with Crippen molar-refractivity contribution in [3.8, 4) is 5.75 Å². The van der Waals surface area contributed by atoms with Gasteiger partial charge in [0.25, 0.3) is 0 Å². The molecule has 0 spiro atoms. The molecule has 122 valence electrons. The van der Waals surface area contributed by atoms with Crippen molar-refractivity contribution in [2.45, 2.75) is 45.8 Å². The van der Waals surface area contributed by atoms with E-state index in [4.69, 9.17) is 10.5 Å². The Hall–Kier alpha value is -1.59. The van der Waals surface area contributed by atoms with Crippen molar-refractivity contribution >= 4 is 11.6 Å². The van der Waals surface area contributed by atoms with Gasteiger partial charge < -0.3 is 20.5 Å². The molecule has 5 heteroatoms. The first-order chi connectivity index (χ1) is 10.4. The van der Waals surface area contributed by atoms with Crippen molar-refractivity contribution in [3.05, 3.63) is 23.8 Å². The van der Waals surface area contributed by atoms with Gasteiger partial charge in [-0.2, -0.15) is 0 Å². The van der Waals surface area contributed by atoms with Crippen molar-refractivity contribution < 1.29 is 14.6 Å². The summed E-state index contributed by atoms with van der Waals surface area (Å²) < 4.78 is 5.81. The number of rotatable bonds is 5. The lowest BCUT2D eigenvalue weighted by Gasteiger charge is -2.35. The zero-order chi connectivity index (χ0) is 16.3. The molecular weight excluding hydrogens is 280 g/mol. The summed E-state index contributed by atoms with van der Waals surface area (Å²) in [5.41, 5.74) is 7.04. The van der Waals surface area contributed by atoms with Gasteiger partial charge in [0.15, 0.2) is 0 Å². The molecule has 0 radical (unpaired) electrons. The molecule has 2 unspecified atom stereocenters. The second-order valence-corrected chi connectivity index (χ2v) is 6.21. The van der Waals surface area contributed by atoms with Crippen LogP contribution >= 0.6 is 0 Å². The van der Waals surface area contributed by atoms with Gasteiger partial charge in [-0.3, -0.25) is 4.79 Å². The van der Waals surface area contributed by atoms with Crippen LogP contribution in [-0.2, 0) is 4.79 Å². The first-order valence-electron chi connectivity index (χ1n) is 7.94. The maximum Gasteiger partial charge on any atom is 0.229 e. The molecule has 1 aliphatic rings. The predicted molar refractivity (Wildman–Crippen MR) is 87.0 cm³/mol. The highest BCUT2D eigenvalue weighted by atomic mass is 16.5. The summed E-state index contributed by atoms with van der Waals surface area (Å²) >= 11 is 0. The zero-order valence-electron chi connectivity index (χ0n) is 13.6. The number of amides is 1. The second-order valence-electron chi connectivity index (χ2n) is 6.21. The third kappa shape index (κ3) is 3.59. The number of hydrogen-bond donors (Lipinski definition) is 2. The van der Waals surface area contributed by atoms with Crippen molar-refractivity contribution in [2.75, 3.05) is 18.0 Å². The number of anilines is 1. The van der Waals surface area contributed by atoms with Crippen molar-refractivity contribution in [3.63, 3.8) is 0 Å². The van der Waals surface area contributed by atoms with Crippen LogP contribution in [0.15, 0.2) is 18.2 Å². The molecule has 2 rings (SSSR count). The van der Waals surface area contributed by atoms with E-state index in [1.165, 1.54) is 0 Å². The third-order valence-corrected chi connectivity index (χ3v) is 3.87. The van der Waals surface area contributed by atoms with Crippen LogP contribution in [0, 0.1) is 5.92 Å². The van der Waals surface area contributed by atoms with E-state index in [0.29, 0.717) is 25.3 Å². The molecule has 1 amide bonds. The molecule has 0 saturated carbocycles. The van der Waals surface area contributed by atoms with Gasteiger partial charge in [0, 0.05) is 5.92 Å². The van der Waals surface area contributed by atoms with Crippen LogP contribution in [0.25, 0.3) is 0 Å². The van der Waals surface area contributed by atoms with Gasteiger partial charge in [-0.05, 0) is 44.0 Å². The van der Waals surface area contributed by atoms with Gasteiger partial charge in [0.2, 0.25) is 5.91 Å². The van der Waals surface area contributed by atoms with Crippen LogP contribution in [0.3, 0.4) is 0 Å². The Morgan fingerprint density at radius 2 is 2.23 bits per heavy atom. The average molecular weight is 306 g/mol. The Morgan fingerprint density at radius 1 is 1.50 bits per heavy atom. The molecule has 1 heterocycles. The number of aliphatic hydroxyl groups is 1. The number of hydrogen-bond acceptors (Lipinski definition) is 4. The summed E-state index contributed by atoms with van der Waals surface area (Å²) in [6.07, 6.45) is 0.776. The molecule has 3 N–H and O–H groups in total. The lowest BCUT2D eigenvalue weighted by Crippen LogP contribution is -2.44. The zero-order valence-corrected chi connectivity index (χ0v) is 13.6. The number of carbonyl (C=O) groups excluding carboxylic acids is 1. The molecule has 22 heavy (non-hydrogen) atoms. The lowest BCUT2D eigenvalue weighted by atomic mass is 10.0. The Morgan fingerprint density at radius 3 is 2.86 bits per heavy atom. The summed E-state index contributed by atoms with van der Waals surface area (Å²) in [7, 11) is 0. The van der Waals surface area contributed by atoms with Gasteiger partial charge in [0.1, 0.15) is 11.9 Å². The van der Waals surface area contributed by atoms with E-state index in [9.17, 15) is 9.90 Å². The largest absolute Gasteiger partial charge is 0.487 e. The Labute approximate surface area is 132 Å². The van der Waals surface area contributed by atoms with E-state index in [0.717, 1.165) is 17.7 Å². The lowest BCUT2D eigenvalue weighted by molar-refractivity contribution is -0.121. The van der Waals surface area contributed by atoms with Crippen LogP contribution < -0.4 is 15.4 Å². The minimum Gasteiger partial charge on any atom is -0.487 e. The summed E-state index contributed by atoms with van der Waals surface area (Å²) in [5.74, 6) is 0.691. The van der Waals surface area contributed by atoms with E-state index >= 15 is 0 Å². The highest BCUT2D eigenvalue weighted by Crippen LogP contribution is 2.37. The normalized spacial score (nSPS) is 18.8. The SMILES string of the molecule is CC1CN(C(=O)C(C)C)c2cc(C(O)CCCN)ccc2O1. The van der Waals surface area contributed by atoms with E-state index in [1.807, 2.05) is 39.0 Å². The number of benzene rings is 1. The van der Waals surface area contributed by atoms with E-state index < -0.39 is 6.10 Å². The van der Waals surface area contributed by atoms with Gasteiger partial charge in [-0.25, -0.2) is 0 Å². The predicted octanol–water partition coefficient (Wildman–Crippen LogP) is 2.23. The summed E-state index contributed by atoms with van der Waals surface area (Å²) in [5, 5.41) is 10.2. The molecular formula is C17H26N2O3. The molecule has 0 bridgehead atoms. The molecule has 2 atom stereocenters. The fraction of sp³-hybridized carbons (Fsp3) is 0.588. The first-order valence-corrected chi connectivity index (χ1v) is 7.94. The second kappa shape index (κ2) is 7.11. The molecule has 0 saturated heterocycles. The first kappa shape index (κ1) is 16.8. The highest BCUT2D eigenvalue weighted by molar-refractivity contribution is 5.96. The van der Waals surface area contributed by atoms with Gasteiger partial charge in [-0.1, -0.05) is 19.9 Å². The number of nitrogens with zero attached hydrogens (tertiary/aromatic N) is 1. The topological polar surface area (TPSA) is 75.8 Å². The Kier molecular flexibility index (Phi) is 5.42. The summed E-state index contributed by atoms with van der Waals surface area (Å²) in [6.45, 7) is 6.82. The van der Waals surface area contributed by atoms with E-state index in [2.05, 4.69) is 0 Å². The fourth-order valence-electron chi connectivity index (χ4n) is 2.66. The molecule has 0 fully saturated rings. The van der Waals surface area contributed by atoms with E-state index in [1.54, 1.807) is 4.90 Å². The van der Waals surface area contributed by atoms with Crippen molar-refractivity contribution in [1.29, 1.82) is 0 Å². The molecule has 0 aliphatic carbocycles. The maximum absolute atomic E-state index is 12.5. The van der Waals surface area contributed by atoms with Crippen LogP contribution in [0.5, 0.6) is 5.75 Å². The van der Waals surface area contributed by atoms with Gasteiger partial charge in [-0.15, -0.1) is 0 Å². The van der Waals surface area contributed by atoms with Crippen LogP contribution in [-0.4, -0.2) is 30.2 Å². The molecule has 0 aromatic heterocycles. The van der Waals surface area contributed by atoms with Crippen LogP contribution in [0.1, 0.15) is 45.3 Å². The van der Waals surface area contributed by atoms with Crippen molar-refractivity contribution in [2.24, 2.45) is 11.7 Å². The molecule has 5 nitrogen and oxygen atoms in total. The summed E-state index contributed by atoms with van der Waals surface area (Å²) in [4.78, 5) is 14.2. The van der Waals surface area contributed by atoms with E-state index in [-0.39, 0.29) is 17.9 Å². The quantitative estimate of drug-likeness (QED) is 0.874. The monoisotopic (exact) mass is 306 g/mol. The van der Waals surface area contributed by atoms with Gasteiger partial charge >= 0.3 is 0 Å². The number of aliphatic hydroxyl groups excluding tert-OH is 1. The van der Waals surface area contributed by atoms with Crippen molar-refractivity contribution in [1.82, 2.24) is 0 Å². The fourth-order valence-corrected chi connectivity index (χ4v) is 2.66. The molecule has 1 aromatic rings. The Bertz CT molecular complexity index is 531. The highest BCUT2D eigenvalue weighted by Gasteiger charge is 2.29. The number of ether oxygens (including phenoxy) is 1. The van der Waals surface area contributed by atoms with Gasteiger partial charge in [0.05, 0.1) is 18.3 Å². The minimum absolute atomic E-state index is 0.0387. The molecule has 1 aromatic carbocycles. The Balaban J connectivity index is 2.31. The third-order valence-electron chi connectivity index (χ3n) is 3.87. The van der Waals surface area contributed by atoms with Crippen LogP contribution in [0.4, 0.5) is 5.69 Å². The average Bonchev–Trinajstić information content (AvgIpc) is 2.50. The summed E-state index contributed by atoms with van der Waals surface area (Å²) in [6, 6.07) is 5.56. The van der Waals surface area contributed by atoms with Crippen LogP contribution in [0.2, 0.25) is 0 Å². The number of nitrogens with two attached hydrogens (primary N) is 1. The number of carbonyl (C=O) groups is 1.